The largest absolute Gasteiger partial charge is 0.355 e. The van der Waals surface area contributed by atoms with Crippen molar-refractivity contribution in [3.05, 3.63) is 52.2 Å². The van der Waals surface area contributed by atoms with E-state index in [1.54, 1.807) is 4.68 Å². The first-order valence-electron chi connectivity index (χ1n) is 9.42. The first kappa shape index (κ1) is 19.8. The van der Waals surface area contributed by atoms with Gasteiger partial charge in [0.15, 0.2) is 5.65 Å². The third-order valence-corrected chi connectivity index (χ3v) is 4.52. The summed E-state index contributed by atoms with van der Waals surface area (Å²) in [6.45, 7) is 10.9. The summed E-state index contributed by atoms with van der Waals surface area (Å²) in [5, 5.41) is 7.60. The highest BCUT2D eigenvalue weighted by atomic mass is 16.2. The van der Waals surface area contributed by atoms with Crippen LogP contribution < -0.4 is 10.9 Å². The van der Waals surface area contributed by atoms with E-state index >= 15 is 0 Å². The van der Waals surface area contributed by atoms with Crippen LogP contribution in [0.15, 0.2) is 35.5 Å². The predicted octanol–water partition coefficient (Wildman–Crippen LogP) is 2.75. The second-order valence-electron chi connectivity index (χ2n) is 8.48. The quantitative estimate of drug-likeness (QED) is 0.737. The summed E-state index contributed by atoms with van der Waals surface area (Å²) in [7, 11) is 0. The molecule has 7 heteroatoms. The summed E-state index contributed by atoms with van der Waals surface area (Å²) in [5.41, 5.74) is 3.44. The van der Waals surface area contributed by atoms with E-state index in [1.807, 2.05) is 26.0 Å². The van der Waals surface area contributed by atoms with Crippen LogP contribution in [-0.2, 0) is 11.3 Å². The molecule has 0 aliphatic rings. The van der Waals surface area contributed by atoms with Crippen LogP contribution in [0.25, 0.3) is 16.7 Å². The zero-order chi connectivity index (χ0) is 20.5. The lowest BCUT2D eigenvalue weighted by atomic mass is 9.92. The molecule has 3 rings (SSSR count). The molecule has 0 fully saturated rings. The normalized spacial score (nSPS) is 11.8. The van der Waals surface area contributed by atoms with Crippen molar-refractivity contribution >= 4 is 16.9 Å². The van der Waals surface area contributed by atoms with Gasteiger partial charge in [0, 0.05) is 6.54 Å². The summed E-state index contributed by atoms with van der Waals surface area (Å²) >= 11 is 0. The van der Waals surface area contributed by atoms with Gasteiger partial charge in [0.2, 0.25) is 5.91 Å². The topological polar surface area (TPSA) is 81.8 Å². The van der Waals surface area contributed by atoms with Gasteiger partial charge in [-0.1, -0.05) is 26.8 Å². The van der Waals surface area contributed by atoms with Gasteiger partial charge in [0.1, 0.15) is 18.3 Å². The van der Waals surface area contributed by atoms with E-state index in [0.29, 0.717) is 17.6 Å². The van der Waals surface area contributed by atoms with Crippen molar-refractivity contribution in [2.24, 2.45) is 5.41 Å². The minimum atomic E-state index is -0.272. The fourth-order valence-electron chi connectivity index (χ4n) is 3.11. The molecule has 3 aromatic rings. The van der Waals surface area contributed by atoms with Gasteiger partial charge in [-0.05, 0) is 48.9 Å². The Morgan fingerprint density at radius 3 is 2.46 bits per heavy atom. The second-order valence-corrected chi connectivity index (χ2v) is 8.48. The van der Waals surface area contributed by atoms with Gasteiger partial charge in [-0.25, -0.2) is 9.67 Å². The fourth-order valence-corrected chi connectivity index (χ4v) is 3.11. The second kappa shape index (κ2) is 7.58. The van der Waals surface area contributed by atoms with Crippen LogP contribution in [0.3, 0.4) is 0 Å². The minimum Gasteiger partial charge on any atom is -0.355 e. The first-order chi connectivity index (χ1) is 13.1. The maximum Gasteiger partial charge on any atom is 0.264 e. The molecule has 1 aromatic carbocycles. The number of fused-ring (bicyclic) bond motifs is 1. The van der Waals surface area contributed by atoms with Crippen molar-refractivity contribution in [2.75, 3.05) is 6.54 Å². The standard InChI is InChI=1S/C21H27N5O2/c1-14-8-15(2)10-16(9-14)26-19-17(11-24-26)20(28)25(13-23-19)12-18(27)22-7-6-21(3,4)5/h8-11,13H,6-7,12H2,1-5H3,(H,22,27). The Balaban J connectivity index is 1.83. The fraction of sp³-hybridized carbons (Fsp3) is 0.429. The Hall–Kier alpha value is -2.96. The van der Waals surface area contributed by atoms with E-state index in [1.165, 1.54) is 17.1 Å². The van der Waals surface area contributed by atoms with Crippen molar-refractivity contribution in [3.8, 4) is 5.69 Å². The van der Waals surface area contributed by atoms with Gasteiger partial charge in [0.05, 0.1) is 11.9 Å². The van der Waals surface area contributed by atoms with Gasteiger partial charge >= 0.3 is 0 Å². The molecule has 0 saturated heterocycles. The molecule has 148 valence electrons. The Morgan fingerprint density at radius 2 is 1.82 bits per heavy atom. The molecule has 0 aliphatic heterocycles. The Kier molecular flexibility index (Phi) is 5.36. The van der Waals surface area contributed by atoms with Crippen LogP contribution in [-0.4, -0.2) is 31.8 Å². The van der Waals surface area contributed by atoms with Crippen LogP contribution in [0.2, 0.25) is 0 Å². The smallest absolute Gasteiger partial charge is 0.264 e. The van der Waals surface area contributed by atoms with Crippen molar-refractivity contribution < 1.29 is 4.79 Å². The predicted molar refractivity (Wildman–Crippen MR) is 110 cm³/mol. The molecule has 0 radical (unpaired) electrons. The van der Waals surface area contributed by atoms with Gasteiger partial charge in [-0.15, -0.1) is 0 Å². The highest BCUT2D eigenvalue weighted by Crippen LogP contribution is 2.18. The molecular weight excluding hydrogens is 354 g/mol. The Bertz CT molecular complexity index is 1050. The van der Waals surface area contributed by atoms with Gasteiger partial charge in [-0.3, -0.25) is 14.2 Å². The van der Waals surface area contributed by atoms with Crippen LogP contribution in [0, 0.1) is 19.3 Å². The molecule has 2 heterocycles. The van der Waals surface area contributed by atoms with E-state index in [0.717, 1.165) is 23.2 Å². The molecular formula is C21H27N5O2. The summed E-state index contributed by atoms with van der Waals surface area (Å²) in [6, 6.07) is 6.07. The summed E-state index contributed by atoms with van der Waals surface area (Å²) in [6.07, 6.45) is 3.79. The molecule has 0 saturated carbocycles. The molecule has 0 atom stereocenters. The number of rotatable bonds is 5. The van der Waals surface area contributed by atoms with Crippen molar-refractivity contribution in [1.82, 2.24) is 24.6 Å². The number of hydrogen-bond donors (Lipinski definition) is 1. The van der Waals surface area contributed by atoms with Gasteiger partial charge in [-0.2, -0.15) is 5.10 Å². The third-order valence-electron chi connectivity index (χ3n) is 4.52. The molecule has 0 aliphatic carbocycles. The highest BCUT2D eigenvalue weighted by Gasteiger charge is 2.14. The zero-order valence-electron chi connectivity index (χ0n) is 17.1. The number of hydrogen-bond acceptors (Lipinski definition) is 4. The molecule has 0 unspecified atom stereocenters. The van der Waals surface area contributed by atoms with Crippen LogP contribution in [0.5, 0.6) is 0 Å². The molecule has 0 bridgehead atoms. The monoisotopic (exact) mass is 381 g/mol. The minimum absolute atomic E-state index is 0.0549. The van der Waals surface area contributed by atoms with Gasteiger partial charge in [0.25, 0.3) is 5.56 Å². The molecule has 1 N–H and O–H groups in total. The van der Waals surface area contributed by atoms with E-state index in [2.05, 4.69) is 42.2 Å². The maximum atomic E-state index is 12.8. The molecule has 7 nitrogen and oxygen atoms in total. The van der Waals surface area contributed by atoms with Gasteiger partial charge < -0.3 is 5.32 Å². The number of nitrogens with one attached hydrogen (secondary N) is 1. The summed E-state index contributed by atoms with van der Waals surface area (Å²) in [5.74, 6) is -0.200. The van der Waals surface area contributed by atoms with Crippen LogP contribution >= 0.6 is 0 Å². The number of amides is 1. The number of carbonyl (C=O) groups excluding carboxylic acids is 1. The number of benzene rings is 1. The maximum absolute atomic E-state index is 12.8. The average molecular weight is 381 g/mol. The van der Waals surface area contributed by atoms with Crippen molar-refractivity contribution in [1.29, 1.82) is 0 Å². The number of nitrogens with zero attached hydrogens (tertiary/aromatic N) is 4. The lowest BCUT2D eigenvalue weighted by Gasteiger charge is -2.18. The van der Waals surface area contributed by atoms with Crippen molar-refractivity contribution in [3.63, 3.8) is 0 Å². The average Bonchev–Trinajstić information content (AvgIpc) is 3.00. The molecule has 28 heavy (non-hydrogen) atoms. The SMILES string of the molecule is Cc1cc(C)cc(-n2ncc3c(=O)n(CC(=O)NCCC(C)(C)C)cnc32)c1. The third kappa shape index (κ3) is 4.47. The summed E-state index contributed by atoms with van der Waals surface area (Å²) in [4.78, 5) is 29.3. The Morgan fingerprint density at radius 1 is 1.14 bits per heavy atom. The van der Waals surface area contributed by atoms with E-state index in [-0.39, 0.29) is 23.4 Å². The first-order valence-corrected chi connectivity index (χ1v) is 9.42. The van der Waals surface area contributed by atoms with Crippen LogP contribution in [0.4, 0.5) is 0 Å². The highest BCUT2D eigenvalue weighted by molar-refractivity contribution is 5.77. The molecule has 2 aromatic heterocycles. The number of aryl methyl sites for hydroxylation is 2. The van der Waals surface area contributed by atoms with Crippen molar-refractivity contribution in [2.45, 2.75) is 47.6 Å². The van der Waals surface area contributed by atoms with E-state index in [9.17, 15) is 9.59 Å². The lowest BCUT2D eigenvalue weighted by molar-refractivity contribution is -0.121. The van der Waals surface area contributed by atoms with E-state index in [4.69, 9.17) is 0 Å². The zero-order valence-corrected chi connectivity index (χ0v) is 17.1. The summed E-state index contributed by atoms with van der Waals surface area (Å²) < 4.78 is 2.98. The van der Waals surface area contributed by atoms with Crippen LogP contribution in [0.1, 0.15) is 38.3 Å². The van der Waals surface area contributed by atoms with E-state index < -0.39 is 0 Å². The molecule has 1 amide bonds. The number of aromatic nitrogens is 4. The lowest BCUT2D eigenvalue weighted by Crippen LogP contribution is -2.34. The number of carbonyl (C=O) groups is 1. The Labute approximate surface area is 164 Å². The molecule has 0 spiro atoms.